The van der Waals surface area contributed by atoms with Gasteiger partial charge in [-0.25, -0.2) is 0 Å². The third kappa shape index (κ3) is 5.82. The van der Waals surface area contributed by atoms with Crippen molar-refractivity contribution in [1.29, 1.82) is 0 Å². The molecule has 1 aromatic rings. The van der Waals surface area contributed by atoms with Crippen LogP contribution in [0.25, 0.3) is 0 Å². The van der Waals surface area contributed by atoms with Crippen molar-refractivity contribution in [2.75, 3.05) is 11.5 Å². The Labute approximate surface area is 111 Å². The molecule has 0 spiro atoms. The predicted molar refractivity (Wildman–Crippen MR) is 71.3 cm³/mol. The lowest BCUT2D eigenvalue weighted by Crippen LogP contribution is -1.77. The Balaban J connectivity index is 2.41. The summed E-state index contributed by atoms with van der Waals surface area (Å²) < 4.78 is 1.78. The summed E-state index contributed by atoms with van der Waals surface area (Å²) in [6.07, 6.45) is 0. The Morgan fingerprint density at radius 1 is 1.07 bits per heavy atom. The standard InChI is InChI=1S/C8H8Cl2N2S3/c1-5(9)3-13-7-11-12-8(15-7)14-4-6(2)10/h1-4H2. The highest BCUT2D eigenvalue weighted by Crippen LogP contribution is 2.30. The summed E-state index contributed by atoms with van der Waals surface area (Å²) in [5.74, 6) is 1.31. The first-order chi connectivity index (χ1) is 7.08. The molecule has 0 bridgehead atoms. The van der Waals surface area contributed by atoms with E-state index in [0.29, 0.717) is 21.6 Å². The monoisotopic (exact) mass is 298 g/mol. The Morgan fingerprint density at radius 3 is 1.80 bits per heavy atom. The Bertz CT molecular complexity index is 332. The third-order valence-electron chi connectivity index (χ3n) is 1.09. The fraction of sp³-hybridized carbons (Fsp3) is 0.250. The van der Waals surface area contributed by atoms with Crippen molar-refractivity contribution in [2.24, 2.45) is 0 Å². The number of nitrogens with zero attached hydrogens (tertiary/aromatic N) is 2. The molecule has 1 aromatic heterocycles. The zero-order valence-corrected chi connectivity index (χ0v) is 11.7. The fourth-order valence-corrected chi connectivity index (χ4v) is 3.45. The molecule has 0 aliphatic carbocycles. The van der Waals surface area contributed by atoms with Crippen LogP contribution in [-0.2, 0) is 0 Å². The van der Waals surface area contributed by atoms with Crippen molar-refractivity contribution < 1.29 is 0 Å². The average molecular weight is 299 g/mol. The van der Waals surface area contributed by atoms with Crippen LogP contribution in [0.2, 0.25) is 0 Å². The van der Waals surface area contributed by atoms with E-state index >= 15 is 0 Å². The molecule has 0 saturated carbocycles. The second-order valence-corrected chi connectivity index (χ2v) is 6.94. The van der Waals surface area contributed by atoms with Crippen molar-refractivity contribution in [3.63, 3.8) is 0 Å². The highest BCUT2D eigenvalue weighted by molar-refractivity contribution is 8.03. The normalized spacial score (nSPS) is 10.3. The van der Waals surface area contributed by atoms with Crippen molar-refractivity contribution in [1.82, 2.24) is 10.2 Å². The van der Waals surface area contributed by atoms with Crippen molar-refractivity contribution >= 4 is 58.1 Å². The number of rotatable bonds is 6. The van der Waals surface area contributed by atoms with Crippen LogP contribution in [0.4, 0.5) is 0 Å². The number of thioether (sulfide) groups is 2. The Kier molecular flexibility index (Phi) is 6.07. The van der Waals surface area contributed by atoms with Crippen LogP contribution in [0.15, 0.2) is 31.9 Å². The molecule has 0 atom stereocenters. The van der Waals surface area contributed by atoms with Crippen molar-refractivity contribution in [3.8, 4) is 0 Å². The predicted octanol–water partition coefficient (Wildman–Crippen LogP) is 4.23. The summed E-state index contributed by atoms with van der Waals surface area (Å²) in [6, 6.07) is 0. The van der Waals surface area contributed by atoms with E-state index in [-0.39, 0.29) is 0 Å². The van der Waals surface area contributed by atoms with Gasteiger partial charge in [0, 0.05) is 21.6 Å². The summed E-state index contributed by atoms with van der Waals surface area (Å²) in [7, 11) is 0. The van der Waals surface area contributed by atoms with Gasteiger partial charge in [0.1, 0.15) is 0 Å². The van der Waals surface area contributed by atoms with Gasteiger partial charge in [0.15, 0.2) is 8.68 Å². The molecule has 0 unspecified atom stereocenters. The van der Waals surface area contributed by atoms with Gasteiger partial charge in [-0.3, -0.25) is 0 Å². The summed E-state index contributed by atoms with van der Waals surface area (Å²) in [5, 5.41) is 9.23. The van der Waals surface area contributed by atoms with Gasteiger partial charge in [-0.05, 0) is 0 Å². The molecule has 0 saturated heterocycles. The number of halogens is 2. The van der Waals surface area contributed by atoms with Gasteiger partial charge in [0.25, 0.3) is 0 Å². The lowest BCUT2D eigenvalue weighted by atomic mass is 10.7. The number of hydrogen-bond donors (Lipinski definition) is 0. The molecule has 0 fully saturated rings. The quantitative estimate of drug-likeness (QED) is 0.734. The fourth-order valence-electron chi connectivity index (χ4n) is 0.594. The van der Waals surface area contributed by atoms with E-state index in [9.17, 15) is 0 Å². The maximum atomic E-state index is 5.64. The van der Waals surface area contributed by atoms with E-state index < -0.39 is 0 Å². The summed E-state index contributed by atoms with van der Waals surface area (Å²) >= 11 is 15.9. The molecule has 0 radical (unpaired) electrons. The summed E-state index contributed by atoms with van der Waals surface area (Å²) in [4.78, 5) is 0. The maximum absolute atomic E-state index is 5.64. The molecule has 82 valence electrons. The minimum atomic E-state index is 0.610. The first kappa shape index (κ1) is 13.4. The van der Waals surface area contributed by atoms with Crippen LogP contribution in [-0.4, -0.2) is 21.7 Å². The Hall–Kier alpha value is 0.320. The lowest BCUT2D eigenvalue weighted by molar-refractivity contribution is 0.956. The van der Waals surface area contributed by atoms with Crippen LogP contribution in [0, 0.1) is 0 Å². The minimum absolute atomic E-state index is 0.610. The Morgan fingerprint density at radius 2 is 1.47 bits per heavy atom. The molecular weight excluding hydrogens is 291 g/mol. The second-order valence-electron chi connectivity index (χ2n) is 2.45. The molecule has 1 heterocycles. The zero-order chi connectivity index (χ0) is 11.3. The summed E-state index contributed by atoms with van der Waals surface area (Å²) in [5.41, 5.74) is 0. The molecular formula is C8H8Cl2N2S3. The van der Waals surface area contributed by atoms with E-state index in [2.05, 4.69) is 23.4 Å². The number of hydrogen-bond acceptors (Lipinski definition) is 5. The van der Waals surface area contributed by atoms with Gasteiger partial charge in [0.2, 0.25) is 0 Å². The van der Waals surface area contributed by atoms with Crippen LogP contribution in [0.5, 0.6) is 0 Å². The second kappa shape index (κ2) is 6.81. The van der Waals surface area contributed by atoms with E-state index in [4.69, 9.17) is 23.2 Å². The van der Waals surface area contributed by atoms with Gasteiger partial charge in [-0.2, -0.15) is 0 Å². The van der Waals surface area contributed by atoms with Crippen LogP contribution in [0.1, 0.15) is 0 Å². The maximum Gasteiger partial charge on any atom is 0.175 e. The molecule has 15 heavy (non-hydrogen) atoms. The molecule has 2 nitrogen and oxygen atoms in total. The van der Waals surface area contributed by atoms with Gasteiger partial charge in [-0.1, -0.05) is 71.2 Å². The zero-order valence-electron chi connectivity index (χ0n) is 7.70. The highest BCUT2D eigenvalue weighted by Gasteiger charge is 2.05. The molecule has 0 aromatic carbocycles. The smallest absolute Gasteiger partial charge is 0.131 e. The van der Waals surface area contributed by atoms with Gasteiger partial charge in [-0.15, -0.1) is 10.2 Å². The molecule has 1 rings (SSSR count). The molecule has 0 aliphatic heterocycles. The number of aromatic nitrogens is 2. The topological polar surface area (TPSA) is 25.8 Å². The van der Waals surface area contributed by atoms with E-state index in [1.807, 2.05) is 0 Å². The highest BCUT2D eigenvalue weighted by atomic mass is 35.5. The molecule has 0 amide bonds. The van der Waals surface area contributed by atoms with Crippen molar-refractivity contribution in [3.05, 3.63) is 23.2 Å². The summed E-state index contributed by atoms with van der Waals surface area (Å²) in [6.45, 7) is 7.21. The van der Waals surface area contributed by atoms with Crippen LogP contribution >= 0.6 is 58.1 Å². The molecule has 7 heteroatoms. The van der Waals surface area contributed by atoms with Gasteiger partial charge in [0.05, 0.1) is 0 Å². The SMILES string of the molecule is C=C(Cl)CSc1nnc(SCC(=C)Cl)s1. The van der Waals surface area contributed by atoms with Crippen LogP contribution in [0.3, 0.4) is 0 Å². The third-order valence-corrected chi connectivity index (χ3v) is 5.04. The average Bonchev–Trinajstić information content (AvgIpc) is 2.59. The largest absolute Gasteiger partial charge is 0.175 e. The van der Waals surface area contributed by atoms with Gasteiger partial charge >= 0.3 is 0 Å². The minimum Gasteiger partial charge on any atom is -0.131 e. The first-order valence-electron chi connectivity index (χ1n) is 3.83. The lowest BCUT2D eigenvalue weighted by Gasteiger charge is -1.92. The molecule has 0 aliphatic rings. The van der Waals surface area contributed by atoms with E-state index in [1.54, 1.807) is 0 Å². The van der Waals surface area contributed by atoms with Crippen molar-refractivity contribution in [2.45, 2.75) is 8.68 Å². The molecule has 0 N–H and O–H groups in total. The van der Waals surface area contributed by atoms with E-state index in [1.165, 1.54) is 34.9 Å². The van der Waals surface area contributed by atoms with E-state index in [0.717, 1.165) is 8.68 Å². The van der Waals surface area contributed by atoms with Crippen LogP contribution < -0.4 is 0 Å². The van der Waals surface area contributed by atoms with Gasteiger partial charge < -0.3 is 0 Å². The first-order valence-corrected chi connectivity index (χ1v) is 7.38.